The summed E-state index contributed by atoms with van der Waals surface area (Å²) in [4.78, 5) is 93.5. The van der Waals surface area contributed by atoms with Gasteiger partial charge < -0.3 is 107 Å². The van der Waals surface area contributed by atoms with Gasteiger partial charge in [0.15, 0.2) is 52.6 Å². The first-order chi connectivity index (χ1) is 60.5. The minimum atomic E-state index is -0.739. The molecule has 0 saturated carbocycles. The van der Waals surface area contributed by atoms with E-state index < -0.39 is 41.1 Å². The van der Waals surface area contributed by atoms with E-state index in [-0.39, 0.29) is 104 Å². The summed E-state index contributed by atoms with van der Waals surface area (Å²) >= 11 is 0. The van der Waals surface area contributed by atoms with Crippen LogP contribution in [0.15, 0.2) is 244 Å². The molecule has 38 heteroatoms. The molecule has 4 amide bonds. The highest BCUT2D eigenvalue weighted by atomic mass is 19.1. The fraction of sp³-hybridized carbons (Fsp3) is 0.161. The molecule has 0 aliphatic carbocycles. The van der Waals surface area contributed by atoms with Crippen molar-refractivity contribution in [2.24, 2.45) is 0 Å². The van der Waals surface area contributed by atoms with Crippen molar-refractivity contribution in [1.29, 1.82) is 0 Å². The number of anilines is 20. The summed E-state index contributed by atoms with van der Waals surface area (Å²) in [6.45, 7) is 9.85. The molecule has 13 N–H and O–H groups in total. The van der Waals surface area contributed by atoms with Crippen LogP contribution in [-0.2, 0) is 33.4 Å². The van der Waals surface area contributed by atoms with E-state index in [0.29, 0.717) is 111 Å². The Morgan fingerprint density at radius 2 is 0.784 bits per heavy atom. The van der Waals surface area contributed by atoms with Crippen LogP contribution in [0.2, 0.25) is 0 Å². The Kier molecular flexibility index (Phi) is 34.2. The molecule has 12 aromatic rings. The summed E-state index contributed by atoms with van der Waals surface area (Å²) < 4.78 is 88.6. The van der Waals surface area contributed by atoms with Gasteiger partial charge in [-0.25, -0.2) is 37.5 Å². The van der Waals surface area contributed by atoms with Crippen molar-refractivity contribution in [2.45, 2.75) is 13.0 Å². The fourth-order valence-corrected chi connectivity index (χ4v) is 10.6. The van der Waals surface area contributed by atoms with Gasteiger partial charge in [0, 0.05) is 96.4 Å². The minimum absolute atomic E-state index is 0.0183. The Morgan fingerprint density at radius 3 is 1.17 bits per heavy atom. The van der Waals surface area contributed by atoms with E-state index in [1.54, 1.807) is 220 Å². The molecule has 1 aliphatic heterocycles. The maximum absolute atomic E-state index is 14.5. The number of nitrogens with zero attached hydrogens (tertiary/aromatic N) is 10. The van der Waals surface area contributed by atoms with Gasteiger partial charge in [0.25, 0.3) is 11.8 Å². The van der Waals surface area contributed by atoms with Gasteiger partial charge in [-0.2, -0.15) is 19.9 Å². The summed E-state index contributed by atoms with van der Waals surface area (Å²) in [5.41, 5.74) is 7.03. The third kappa shape index (κ3) is 29.3. The number of aliphatic hydroxyl groups excluding tert-OH is 3. The van der Waals surface area contributed by atoms with Gasteiger partial charge in [0.2, 0.25) is 41.4 Å². The number of carbonyl (C=O) groups is 5. The van der Waals surface area contributed by atoms with Crippen LogP contribution in [-0.4, -0.2) is 171 Å². The third-order valence-electron chi connectivity index (χ3n) is 16.8. The topological polar surface area (TPSA) is 435 Å². The standard InChI is InChI=1S/C22H22FN5O4.2C22H22FN5O3.C21H20FN5O4/c1-14(29)21(30)26-17-5-3-4-16(12-17)25-20-19(23)13-24-22(28-20)27-15-6-8-18(9-7-15)32-11-10-31-2;1-3-20(30)28(2)17-6-4-5-16(13-17)25-21-19(23)14-24-22(27-21)26-15-7-9-18(10-8-15)31-12-11-29;1-3-20(30)25-16-5-4-6-17(13-16)28(2)21-19(23)14-24-22(27-21)26-15-7-9-18(10-8-15)31-12-11-29;22-17-11-23-21(26-13-4-6-16(7-5-13)30-9-8-28)27-19(17)24-14-2-1-3-15(10-14)25-20(29)18-12-31-18/h3-9,12-13H,10-11H2,1-2H3,(H,26,30)(H2,24,25,27,28);3-10,13-14,29H,1,11-12H2,2H3,(H2,24,25,26,27);3-10,13-14,29H,1,11-12H2,2H3,(H,25,30)(H,24,26,27);1-7,10-11,18,28H,8-9,12H2,(H,25,29)(H2,23,24,26,27). The average molecular weight is 1710 g/mol. The van der Waals surface area contributed by atoms with Gasteiger partial charge in [-0.15, -0.1) is 0 Å². The first-order valence-corrected chi connectivity index (χ1v) is 38.0. The molecule has 1 aliphatic rings. The number of hydrogen-bond acceptors (Lipinski definition) is 30. The lowest BCUT2D eigenvalue weighted by Crippen LogP contribution is -2.23. The Morgan fingerprint density at radius 1 is 0.432 bits per heavy atom. The number of ether oxygens (including phenoxy) is 6. The number of likely N-dealkylation sites (N-methyl/N-ethyl adjacent to an activating group) is 1. The van der Waals surface area contributed by atoms with Crippen LogP contribution in [0, 0.1) is 23.3 Å². The van der Waals surface area contributed by atoms with Crippen LogP contribution in [0.5, 0.6) is 23.0 Å². The number of carbonyl (C=O) groups excluding carboxylic acids is 5. The van der Waals surface area contributed by atoms with E-state index in [1.807, 2.05) is 0 Å². The van der Waals surface area contributed by atoms with Crippen LogP contribution in [0.1, 0.15) is 6.92 Å². The van der Waals surface area contributed by atoms with Crippen molar-refractivity contribution in [1.82, 2.24) is 39.9 Å². The minimum Gasteiger partial charge on any atom is -0.491 e. The smallest absolute Gasteiger partial charge is 0.291 e. The molecule has 1 atom stereocenters. The molecule has 125 heavy (non-hydrogen) atoms. The molecule has 0 spiro atoms. The second-order valence-electron chi connectivity index (χ2n) is 26.0. The van der Waals surface area contributed by atoms with Crippen molar-refractivity contribution in [3.8, 4) is 23.0 Å². The monoisotopic (exact) mass is 1710 g/mol. The molecular formula is C87H86F4N20O14. The predicted octanol–water partition coefficient (Wildman–Crippen LogP) is 13.7. The number of halogens is 4. The zero-order chi connectivity index (χ0) is 89.0. The van der Waals surface area contributed by atoms with Gasteiger partial charge in [0.1, 0.15) is 49.4 Å². The lowest BCUT2D eigenvalue weighted by atomic mass is 10.2. The molecule has 0 bridgehead atoms. The number of ketones is 1. The summed E-state index contributed by atoms with van der Waals surface area (Å²) in [6.07, 6.45) is 6.24. The van der Waals surface area contributed by atoms with Gasteiger partial charge in [-0.05, 0) is 182 Å². The second-order valence-corrected chi connectivity index (χ2v) is 26.0. The van der Waals surface area contributed by atoms with Gasteiger partial charge >= 0.3 is 0 Å². The van der Waals surface area contributed by atoms with Crippen LogP contribution >= 0.6 is 0 Å². The Hall–Kier alpha value is -15.8. The zero-order valence-corrected chi connectivity index (χ0v) is 67.6. The Balaban J connectivity index is 0.000000174. The summed E-state index contributed by atoms with van der Waals surface area (Å²) in [5, 5.41) is 54.9. The van der Waals surface area contributed by atoms with Crippen molar-refractivity contribution in [3.63, 3.8) is 0 Å². The number of aliphatic hydroxyl groups is 3. The SMILES string of the molecule is C=CC(=O)N(C)c1cccc(Nc2nc(Nc3ccc(OCCO)cc3)ncc2F)c1.C=CC(=O)Nc1cccc(N(C)c2nc(Nc3ccc(OCCO)cc3)ncc2F)c1.COCCOc1ccc(Nc2ncc(F)c(Nc3cccc(NC(=O)C(C)=O)c3)n2)cc1.O=C(Nc1cccc(Nc2nc(Nc3ccc(OCCO)cc3)ncc2F)c1)C1CO1. The van der Waals surface area contributed by atoms with Gasteiger partial charge in [-0.1, -0.05) is 37.4 Å². The molecule has 1 saturated heterocycles. The molecule has 1 unspecified atom stereocenters. The molecule has 8 aromatic carbocycles. The Bertz CT molecular complexity index is 5640. The fourth-order valence-electron chi connectivity index (χ4n) is 10.6. The van der Waals surface area contributed by atoms with Crippen molar-refractivity contribution in [2.75, 3.05) is 144 Å². The lowest BCUT2D eigenvalue weighted by molar-refractivity contribution is -0.133. The van der Waals surface area contributed by atoms with E-state index in [1.165, 1.54) is 24.0 Å². The first kappa shape index (κ1) is 91.5. The van der Waals surface area contributed by atoms with E-state index in [4.69, 9.17) is 43.7 Å². The highest BCUT2D eigenvalue weighted by molar-refractivity contribution is 6.39. The van der Waals surface area contributed by atoms with Gasteiger partial charge in [-0.3, -0.25) is 24.0 Å². The van der Waals surface area contributed by atoms with E-state index in [9.17, 15) is 41.5 Å². The van der Waals surface area contributed by atoms with Crippen molar-refractivity contribution < 1.29 is 85.3 Å². The van der Waals surface area contributed by atoms with E-state index in [0.717, 1.165) is 24.8 Å². The molecule has 0 radical (unpaired) electrons. The zero-order valence-electron chi connectivity index (χ0n) is 67.6. The summed E-state index contributed by atoms with van der Waals surface area (Å²) in [6, 6.07) is 55.2. The Labute approximate surface area is 713 Å². The molecule has 1 fully saturated rings. The molecule has 34 nitrogen and oxygen atoms in total. The van der Waals surface area contributed by atoms with Crippen molar-refractivity contribution in [3.05, 3.63) is 267 Å². The number of nitrogens with one attached hydrogen (secondary N) is 10. The largest absolute Gasteiger partial charge is 0.491 e. The highest BCUT2D eigenvalue weighted by Gasteiger charge is 2.31. The van der Waals surface area contributed by atoms with Crippen LogP contribution in [0.4, 0.5) is 133 Å². The normalized spacial score (nSPS) is 11.4. The quantitative estimate of drug-likeness (QED) is 0.00565. The number of epoxide rings is 1. The predicted molar refractivity (Wildman–Crippen MR) is 466 cm³/mol. The van der Waals surface area contributed by atoms with Crippen LogP contribution in [0.3, 0.4) is 0 Å². The van der Waals surface area contributed by atoms with E-state index in [2.05, 4.69) is 106 Å². The average Bonchev–Trinajstić information content (AvgIpc) is 1.16. The van der Waals surface area contributed by atoms with E-state index >= 15 is 0 Å². The molecule has 4 aromatic heterocycles. The second kappa shape index (κ2) is 46.7. The molecule has 5 heterocycles. The molecule has 13 rings (SSSR count). The number of Topliss-reactive ketones (excluding diaryl/α,β-unsaturated/α-hetero) is 1. The van der Waals surface area contributed by atoms with Crippen LogP contribution < -0.4 is 81.9 Å². The lowest BCUT2D eigenvalue weighted by Gasteiger charge is -2.20. The maximum Gasteiger partial charge on any atom is 0.291 e. The number of methoxy groups -OCH3 is 1. The summed E-state index contributed by atoms with van der Waals surface area (Å²) in [7, 11) is 4.89. The van der Waals surface area contributed by atoms with Crippen molar-refractivity contribution >= 4 is 145 Å². The summed E-state index contributed by atoms with van der Waals surface area (Å²) in [5.74, 6) is -1.39. The number of rotatable bonds is 37. The third-order valence-corrected chi connectivity index (χ3v) is 16.8. The van der Waals surface area contributed by atoms with Crippen LogP contribution in [0.25, 0.3) is 0 Å². The highest BCUT2D eigenvalue weighted by Crippen LogP contribution is 2.32. The number of benzene rings is 8. The maximum atomic E-state index is 14.5. The number of amides is 4. The first-order valence-electron chi connectivity index (χ1n) is 38.0. The molecular weight excluding hydrogens is 1630 g/mol. The number of hydrogen-bond donors (Lipinski definition) is 13. The number of aromatic nitrogens is 8. The van der Waals surface area contributed by atoms with Gasteiger partial charge in [0.05, 0.1) is 57.8 Å². The molecule has 646 valence electrons.